The molecule has 1 aliphatic carbocycles. The minimum absolute atomic E-state index is 0.726. The second-order valence-corrected chi connectivity index (χ2v) is 5.44. The molecule has 3 rings (SSSR count). The fourth-order valence-corrected chi connectivity index (χ4v) is 2.84. The molecule has 0 saturated carbocycles. The lowest BCUT2D eigenvalue weighted by Gasteiger charge is -2.11. The van der Waals surface area contributed by atoms with Gasteiger partial charge in [0.25, 0.3) is 0 Å². The highest BCUT2D eigenvalue weighted by atomic mass is 14.9. The first-order valence-corrected chi connectivity index (χ1v) is 7.11. The maximum absolute atomic E-state index is 8.88. The summed E-state index contributed by atoms with van der Waals surface area (Å²) in [5.41, 5.74) is 7.32. The van der Waals surface area contributed by atoms with Crippen LogP contribution in [0.5, 0.6) is 0 Å². The molecular weight excluding hydrogens is 244 g/mol. The molecule has 0 saturated heterocycles. The number of hydrogen-bond acceptors (Lipinski definition) is 2. The molecule has 0 fully saturated rings. The van der Waals surface area contributed by atoms with Crippen molar-refractivity contribution in [2.75, 3.05) is 5.32 Å². The number of benzene rings is 2. The van der Waals surface area contributed by atoms with Gasteiger partial charge in [-0.25, -0.2) is 0 Å². The van der Waals surface area contributed by atoms with Gasteiger partial charge in [-0.2, -0.15) is 5.26 Å². The van der Waals surface area contributed by atoms with E-state index in [2.05, 4.69) is 36.5 Å². The Labute approximate surface area is 120 Å². The molecular formula is C18H18N2. The number of hydrogen-bond donors (Lipinski definition) is 1. The molecule has 0 aliphatic heterocycles. The summed E-state index contributed by atoms with van der Waals surface area (Å²) in [6.07, 6.45) is 3.72. The van der Waals surface area contributed by atoms with Gasteiger partial charge in [0.05, 0.1) is 11.6 Å². The van der Waals surface area contributed by atoms with Gasteiger partial charge >= 0.3 is 0 Å². The van der Waals surface area contributed by atoms with E-state index in [1.807, 2.05) is 18.2 Å². The SMILES string of the molecule is Cc1cc(C#N)ccc1CNc1ccc2c(c1)CCC2. The Hall–Kier alpha value is -2.27. The van der Waals surface area contributed by atoms with Gasteiger partial charge in [-0.3, -0.25) is 0 Å². The minimum atomic E-state index is 0.726. The summed E-state index contributed by atoms with van der Waals surface area (Å²) in [5, 5.41) is 12.4. The zero-order chi connectivity index (χ0) is 13.9. The van der Waals surface area contributed by atoms with Crippen LogP contribution in [0.1, 0.15) is 34.2 Å². The highest BCUT2D eigenvalue weighted by Crippen LogP contribution is 2.25. The molecule has 0 bridgehead atoms. The molecule has 20 heavy (non-hydrogen) atoms. The Balaban J connectivity index is 1.72. The van der Waals surface area contributed by atoms with E-state index < -0.39 is 0 Å². The van der Waals surface area contributed by atoms with E-state index in [4.69, 9.17) is 5.26 Å². The second kappa shape index (κ2) is 5.38. The van der Waals surface area contributed by atoms with Crippen molar-refractivity contribution in [3.05, 3.63) is 64.2 Å². The fraction of sp³-hybridized carbons (Fsp3) is 0.278. The fourth-order valence-electron chi connectivity index (χ4n) is 2.84. The second-order valence-electron chi connectivity index (χ2n) is 5.44. The minimum Gasteiger partial charge on any atom is -0.381 e. The van der Waals surface area contributed by atoms with Crippen molar-refractivity contribution in [2.45, 2.75) is 32.7 Å². The summed E-state index contributed by atoms with van der Waals surface area (Å²) in [5.74, 6) is 0. The first kappa shape index (κ1) is 12.7. The summed E-state index contributed by atoms with van der Waals surface area (Å²) in [7, 11) is 0. The van der Waals surface area contributed by atoms with Crippen molar-refractivity contribution < 1.29 is 0 Å². The zero-order valence-electron chi connectivity index (χ0n) is 11.7. The van der Waals surface area contributed by atoms with Gasteiger partial charge < -0.3 is 5.32 Å². The average molecular weight is 262 g/mol. The van der Waals surface area contributed by atoms with E-state index in [-0.39, 0.29) is 0 Å². The maximum Gasteiger partial charge on any atom is 0.0991 e. The third-order valence-electron chi connectivity index (χ3n) is 4.05. The number of fused-ring (bicyclic) bond motifs is 1. The molecule has 2 aromatic carbocycles. The van der Waals surface area contributed by atoms with Crippen LogP contribution in [-0.2, 0) is 19.4 Å². The number of nitrogens with one attached hydrogen (secondary N) is 1. The van der Waals surface area contributed by atoms with Crippen LogP contribution in [0.2, 0.25) is 0 Å². The third kappa shape index (κ3) is 2.53. The summed E-state index contributed by atoms with van der Waals surface area (Å²) < 4.78 is 0. The Morgan fingerprint density at radius 2 is 1.95 bits per heavy atom. The molecule has 0 radical (unpaired) electrons. The van der Waals surface area contributed by atoms with E-state index in [1.165, 1.54) is 41.6 Å². The maximum atomic E-state index is 8.88. The van der Waals surface area contributed by atoms with Crippen LogP contribution >= 0.6 is 0 Å². The molecule has 0 aromatic heterocycles. The lowest BCUT2D eigenvalue weighted by molar-refractivity contribution is 0.912. The van der Waals surface area contributed by atoms with E-state index in [0.717, 1.165) is 17.7 Å². The molecule has 2 heteroatoms. The van der Waals surface area contributed by atoms with Gasteiger partial charge in [-0.1, -0.05) is 12.1 Å². The van der Waals surface area contributed by atoms with Crippen LogP contribution in [-0.4, -0.2) is 0 Å². The van der Waals surface area contributed by atoms with Crippen molar-refractivity contribution in [2.24, 2.45) is 0 Å². The first-order chi connectivity index (χ1) is 9.76. The molecule has 0 heterocycles. The largest absolute Gasteiger partial charge is 0.381 e. The predicted octanol–water partition coefficient (Wildman–Crippen LogP) is 3.97. The lowest BCUT2D eigenvalue weighted by atomic mass is 10.1. The molecule has 1 aliphatic rings. The third-order valence-corrected chi connectivity index (χ3v) is 4.05. The highest BCUT2D eigenvalue weighted by molar-refractivity contribution is 5.51. The van der Waals surface area contributed by atoms with E-state index >= 15 is 0 Å². The number of anilines is 1. The van der Waals surface area contributed by atoms with Crippen molar-refractivity contribution in [3.8, 4) is 6.07 Å². The predicted molar refractivity (Wildman–Crippen MR) is 81.7 cm³/mol. The van der Waals surface area contributed by atoms with Gasteiger partial charge in [0.2, 0.25) is 0 Å². The van der Waals surface area contributed by atoms with Gasteiger partial charge in [0.15, 0.2) is 0 Å². The van der Waals surface area contributed by atoms with Gasteiger partial charge in [0.1, 0.15) is 0 Å². The van der Waals surface area contributed by atoms with Crippen molar-refractivity contribution in [3.63, 3.8) is 0 Å². The standard InChI is InChI=1S/C18H18N2/c1-13-9-14(11-19)5-6-17(13)12-20-18-8-7-15-3-2-4-16(15)10-18/h5-10,20H,2-4,12H2,1H3. The Bertz CT molecular complexity index is 680. The Kier molecular flexibility index (Phi) is 3.43. The lowest BCUT2D eigenvalue weighted by Crippen LogP contribution is -2.02. The molecule has 0 unspecified atom stereocenters. The molecule has 2 aromatic rings. The van der Waals surface area contributed by atoms with Crippen LogP contribution in [0.15, 0.2) is 36.4 Å². The molecule has 0 spiro atoms. The van der Waals surface area contributed by atoms with E-state index in [9.17, 15) is 0 Å². The summed E-state index contributed by atoms with van der Waals surface area (Å²) >= 11 is 0. The van der Waals surface area contributed by atoms with Crippen molar-refractivity contribution in [1.29, 1.82) is 5.26 Å². The quantitative estimate of drug-likeness (QED) is 0.908. The van der Waals surface area contributed by atoms with Gasteiger partial charge in [-0.05, 0) is 72.7 Å². The van der Waals surface area contributed by atoms with Crippen molar-refractivity contribution in [1.82, 2.24) is 0 Å². The highest BCUT2D eigenvalue weighted by Gasteiger charge is 2.10. The van der Waals surface area contributed by atoms with Crippen LogP contribution in [0.3, 0.4) is 0 Å². The first-order valence-electron chi connectivity index (χ1n) is 7.11. The Morgan fingerprint density at radius 3 is 2.75 bits per heavy atom. The normalized spacial score (nSPS) is 12.8. The monoisotopic (exact) mass is 262 g/mol. The molecule has 2 nitrogen and oxygen atoms in total. The average Bonchev–Trinajstić information content (AvgIpc) is 2.93. The number of nitriles is 1. The van der Waals surface area contributed by atoms with Crippen molar-refractivity contribution >= 4 is 5.69 Å². The van der Waals surface area contributed by atoms with E-state index in [0.29, 0.717) is 0 Å². The van der Waals surface area contributed by atoms with Gasteiger partial charge in [-0.15, -0.1) is 0 Å². The molecule has 0 amide bonds. The zero-order valence-corrected chi connectivity index (χ0v) is 11.7. The summed E-state index contributed by atoms with van der Waals surface area (Å²) in [6, 6.07) is 14.7. The van der Waals surface area contributed by atoms with Gasteiger partial charge in [0, 0.05) is 12.2 Å². The summed E-state index contributed by atoms with van der Waals surface area (Å²) in [4.78, 5) is 0. The number of rotatable bonds is 3. The van der Waals surface area contributed by atoms with Crippen LogP contribution in [0.4, 0.5) is 5.69 Å². The Morgan fingerprint density at radius 1 is 1.10 bits per heavy atom. The topological polar surface area (TPSA) is 35.8 Å². The van der Waals surface area contributed by atoms with Crippen LogP contribution in [0, 0.1) is 18.3 Å². The van der Waals surface area contributed by atoms with Crippen LogP contribution < -0.4 is 5.32 Å². The van der Waals surface area contributed by atoms with Crippen LogP contribution in [0.25, 0.3) is 0 Å². The molecule has 0 atom stereocenters. The summed E-state index contributed by atoms with van der Waals surface area (Å²) in [6.45, 7) is 2.86. The van der Waals surface area contributed by atoms with E-state index in [1.54, 1.807) is 0 Å². The molecule has 1 N–H and O–H groups in total. The number of aryl methyl sites for hydroxylation is 3. The molecule has 100 valence electrons. The smallest absolute Gasteiger partial charge is 0.0991 e. The number of nitrogens with zero attached hydrogens (tertiary/aromatic N) is 1.